The molecule has 0 heterocycles. The summed E-state index contributed by atoms with van der Waals surface area (Å²) >= 11 is 0. The van der Waals surface area contributed by atoms with Crippen LogP contribution in [0.15, 0.2) is 0 Å². The standard InChI is InChI=1S/C13H29NO/c1-7-11(8-2)9-14-10-12(15-6)13(3,4)5/h11-12,14H,7-10H2,1-6H3. The largest absolute Gasteiger partial charge is 0.380 e. The smallest absolute Gasteiger partial charge is 0.0743 e. The van der Waals surface area contributed by atoms with Crippen LogP contribution in [-0.4, -0.2) is 26.3 Å². The van der Waals surface area contributed by atoms with E-state index in [0.29, 0.717) is 6.10 Å². The summed E-state index contributed by atoms with van der Waals surface area (Å²) in [6.45, 7) is 13.3. The van der Waals surface area contributed by atoms with Gasteiger partial charge in [-0.1, -0.05) is 47.5 Å². The van der Waals surface area contributed by atoms with Crippen LogP contribution in [0.3, 0.4) is 0 Å². The van der Waals surface area contributed by atoms with Gasteiger partial charge in [0.05, 0.1) is 6.10 Å². The Morgan fingerprint density at radius 2 is 1.60 bits per heavy atom. The van der Waals surface area contributed by atoms with Crippen LogP contribution in [0.4, 0.5) is 0 Å². The van der Waals surface area contributed by atoms with E-state index in [0.717, 1.165) is 19.0 Å². The van der Waals surface area contributed by atoms with E-state index >= 15 is 0 Å². The van der Waals surface area contributed by atoms with Crippen molar-refractivity contribution < 1.29 is 4.74 Å². The molecule has 0 aliphatic carbocycles. The summed E-state index contributed by atoms with van der Waals surface area (Å²) in [6, 6.07) is 0. The van der Waals surface area contributed by atoms with Crippen LogP contribution in [0, 0.1) is 11.3 Å². The Balaban J connectivity index is 3.82. The first-order valence-corrected chi connectivity index (χ1v) is 6.19. The molecule has 0 aliphatic rings. The van der Waals surface area contributed by atoms with Gasteiger partial charge in [-0.2, -0.15) is 0 Å². The molecule has 1 unspecified atom stereocenters. The maximum Gasteiger partial charge on any atom is 0.0743 e. The summed E-state index contributed by atoms with van der Waals surface area (Å²) in [5.74, 6) is 0.808. The predicted molar refractivity (Wildman–Crippen MR) is 67.2 cm³/mol. The summed E-state index contributed by atoms with van der Waals surface area (Å²) in [5, 5.41) is 3.52. The van der Waals surface area contributed by atoms with Crippen molar-refractivity contribution >= 4 is 0 Å². The van der Waals surface area contributed by atoms with Crippen molar-refractivity contribution in [2.45, 2.75) is 53.6 Å². The second-order valence-corrected chi connectivity index (χ2v) is 5.43. The fraction of sp³-hybridized carbons (Fsp3) is 1.00. The van der Waals surface area contributed by atoms with Crippen molar-refractivity contribution in [1.82, 2.24) is 5.32 Å². The van der Waals surface area contributed by atoms with Crippen LogP contribution in [0.5, 0.6) is 0 Å². The highest BCUT2D eigenvalue weighted by Crippen LogP contribution is 2.21. The highest BCUT2D eigenvalue weighted by Gasteiger charge is 2.23. The lowest BCUT2D eigenvalue weighted by Gasteiger charge is -2.30. The Kier molecular flexibility index (Phi) is 7.20. The molecule has 0 rings (SSSR count). The minimum atomic E-state index is 0.218. The molecule has 0 fully saturated rings. The molecule has 0 bridgehead atoms. The average molecular weight is 215 g/mol. The lowest BCUT2D eigenvalue weighted by atomic mass is 9.89. The second-order valence-electron chi connectivity index (χ2n) is 5.43. The predicted octanol–water partition coefficient (Wildman–Crippen LogP) is 3.07. The molecule has 0 saturated carbocycles. The van der Waals surface area contributed by atoms with Crippen LogP contribution < -0.4 is 5.32 Å². The number of ether oxygens (including phenoxy) is 1. The fourth-order valence-electron chi connectivity index (χ4n) is 1.74. The Morgan fingerprint density at radius 3 is 1.93 bits per heavy atom. The molecule has 1 N–H and O–H groups in total. The van der Waals surface area contributed by atoms with Gasteiger partial charge in [0, 0.05) is 13.7 Å². The van der Waals surface area contributed by atoms with Gasteiger partial charge in [0.15, 0.2) is 0 Å². The molecule has 0 radical (unpaired) electrons. The highest BCUT2D eigenvalue weighted by molar-refractivity contribution is 4.76. The second kappa shape index (κ2) is 7.24. The van der Waals surface area contributed by atoms with E-state index in [-0.39, 0.29) is 5.41 Å². The number of nitrogens with one attached hydrogen (secondary N) is 1. The number of methoxy groups -OCH3 is 1. The maximum atomic E-state index is 5.50. The molecule has 0 aromatic heterocycles. The van der Waals surface area contributed by atoms with Crippen molar-refractivity contribution in [3.05, 3.63) is 0 Å². The molecule has 2 nitrogen and oxygen atoms in total. The summed E-state index contributed by atoms with van der Waals surface area (Å²) in [7, 11) is 1.80. The first-order chi connectivity index (χ1) is 6.95. The van der Waals surface area contributed by atoms with Gasteiger partial charge in [0.25, 0.3) is 0 Å². The van der Waals surface area contributed by atoms with E-state index in [1.165, 1.54) is 12.8 Å². The van der Waals surface area contributed by atoms with Gasteiger partial charge in [0.1, 0.15) is 0 Å². The van der Waals surface area contributed by atoms with Crippen LogP contribution in [0.1, 0.15) is 47.5 Å². The van der Waals surface area contributed by atoms with E-state index in [1.807, 2.05) is 0 Å². The van der Waals surface area contributed by atoms with Gasteiger partial charge < -0.3 is 10.1 Å². The third-order valence-corrected chi connectivity index (χ3v) is 3.17. The molecule has 2 heteroatoms. The molecule has 0 aliphatic heterocycles. The molecule has 0 amide bonds. The summed E-state index contributed by atoms with van der Waals surface area (Å²) in [4.78, 5) is 0. The van der Waals surface area contributed by atoms with Crippen molar-refractivity contribution in [2.24, 2.45) is 11.3 Å². The fourth-order valence-corrected chi connectivity index (χ4v) is 1.74. The van der Waals surface area contributed by atoms with Crippen LogP contribution in [-0.2, 0) is 4.74 Å². The number of rotatable bonds is 7. The zero-order chi connectivity index (χ0) is 11.9. The monoisotopic (exact) mass is 215 g/mol. The van der Waals surface area contributed by atoms with Crippen molar-refractivity contribution in [3.63, 3.8) is 0 Å². The maximum absolute atomic E-state index is 5.50. The molecule has 1 atom stereocenters. The first kappa shape index (κ1) is 14.9. The Labute approximate surface area is 95.8 Å². The quantitative estimate of drug-likeness (QED) is 0.704. The third-order valence-electron chi connectivity index (χ3n) is 3.17. The van der Waals surface area contributed by atoms with E-state index in [4.69, 9.17) is 4.74 Å². The molecule has 92 valence electrons. The Morgan fingerprint density at radius 1 is 1.07 bits per heavy atom. The zero-order valence-electron chi connectivity index (χ0n) is 11.4. The van der Waals surface area contributed by atoms with E-state index in [9.17, 15) is 0 Å². The van der Waals surface area contributed by atoms with E-state index in [2.05, 4.69) is 39.9 Å². The van der Waals surface area contributed by atoms with Crippen molar-refractivity contribution in [3.8, 4) is 0 Å². The van der Waals surface area contributed by atoms with Gasteiger partial charge >= 0.3 is 0 Å². The van der Waals surface area contributed by atoms with E-state index in [1.54, 1.807) is 7.11 Å². The van der Waals surface area contributed by atoms with Crippen molar-refractivity contribution in [2.75, 3.05) is 20.2 Å². The Hall–Kier alpha value is -0.0800. The molecule has 0 aromatic carbocycles. The summed E-state index contributed by atoms with van der Waals surface area (Å²) < 4.78 is 5.50. The minimum absolute atomic E-state index is 0.218. The van der Waals surface area contributed by atoms with Crippen LogP contribution in [0.2, 0.25) is 0 Å². The SMILES string of the molecule is CCC(CC)CNCC(OC)C(C)(C)C. The van der Waals surface area contributed by atoms with Gasteiger partial charge in [0.2, 0.25) is 0 Å². The van der Waals surface area contributed by atoms with Gasteiger partial charge in [-0.3, -0.25) is 0 Å². The number of hydrogen-bond acceptors (Lipinski definition) is 2. The minimum Gasteiger partial charge on any atom is -0.380 e. The molecule has 0 spiro atoms. The highest BCUT2D eigenvalue weighted by atomic mass is 16.5. The average Bonchev–Trinajstić information content (AvgIpc) is 2.16. The van der Waals surface area contributed by atoms with Gasteiger partial charge in [-0.15, -0.1) is 0 Å². The first-order valence-electron chi connectivity index (χ1n) is 6.19. The van der Waals surface area contributed by atoms with Crippen LogP contribution >= 0.6 is 0 Å². The third kappa shape index (κ3) is 6.16. The molecule has 15 heavy (non-hydrogen) atoms. The molecular weight excluding hydrogens is 186 g/mol. The number of hydrogen-bond donors (Lipinski definition) is 1. The molecular formula is C13H29NO. The summed E-state index contributed by atoms with van der Waals surface area (Å²) in [6.07, 6.45) is 2.82. The van der Waals surface area contributed by atoms with E-state index < -0.39 is 0 Å². The van der Waals surface area contributed by atoms with Crippen molar-refractivity contribution in [1.29, 1.82) is 0 Å². The summed E-state index contributed by atoms with van der Waals surface area (Å²) in [5.41, 5.74) is 0.218. The normalized spacial score (nSPS) is 14.6. The lowest BCUT2D eigenvalue weighted by Crippen LogP contribution is -2.39. The molecule has 0 aromatic rings. The Bertz CT molecular complexity index is 147. The lowest BCUT2D eigenvalue weighted by molar-refractivity contribution is 0.0170. The van der Waals surface area contributed by atoms with Crippen LogP contribution in [0.25, 0.3) is 0 Å². The topological polar surface area (TPSA) is 21.3 Å². The van der Waals surface area contributed by atoms with Gasteiger partial charge in [-0.05, 0) is 17.9 Å². The molecule has 0 saturated heterocycles. The van der Waals surface area contributed by atoms with Gasteiger partial charge in [-0.25, -0.2) is 0 Å². The zero-order valence-corrected chi connectivity index (χ0v) is 11.4.